The first-order chi connectivity index (χ1) is 15.0. The van der Waals surface area contributed by atoms with Crippen LogP contribution >= 0.6 is 0 Å². The molecule has 2 atom stereocenters. The van der Waals surface area contributed by atoms with Crippen molar-refractivity contribution in [3.05, 3.63) is 41.6 Å². The standard InChI is InChI=1S/C23H33N3O5/c1-5-16(2)26(13-17-8-9-18(28-3)11-21(17)29-4)14-22-25-20(15-31-22)23(27)24-12-19-7-6-10-30-19/h8-9,11,15-16,19H,5-7,10,12-14H2,1-4H3,(H,24,27)/t16-,19-/m0/s1. The molecule has 170 valence electrons. The summed E-state index contributed by atoms with van der Waals surface area (Å²) in [5.41, 5.74) is 1.34. The topological polar surface area (TPSA) is 86.1 Å². The first kappa shape index (κ1) is 23.1. The maximum Gasteiger partial charge on any atom is 0.273 e. The number of nitrogens with one attached hydrogen (secondary N) is 1. The number of aromatic nitrogens is 1. The third-order valence-corrected chi connectivity index (χ3v) is 5.72. The van der Waals surface area contributed by atoms with Crippen LogP contribution in [0.4, 0.5) is 0 Å². The minimum atomic E-state index is -0.239. The van der Waals surface area contributed by atoms with Gasteiger partial charge in [-0.2, -0.15) is 0 Å². The highest BCUT2D eigenvalue weighted by Crippen LogP contribution is 2.27. The van der Waals surface area contributed by atoms with Crippen LogP contribution in [0.2, 0.25) is 0 Å². The summed E-state index contributed by atoms with van der Waals surface area (Å²) >= 11 is 0. The van der Waals surface area contributed by atoms with Crippen LogP contribution in [0.1, 0.15) is 55.1 Å². The van der Waals surface area contributed by atoms with E-state index in [1.54, 1.807) is 14.2 Å². The molecule has 2 aromatic rings. The van der Waals surface area contributed by atoms with Crippen LogP contribution in [0.25, 0.3) is 0 Å². The first-order valence-electron chi connectivity index (χ1n) is 10.8. The van der Waals surface area contributed by atoms with Crippen molar-refractivity contribution in [3.63, 3.8) is 0 Å². The summed E-state index contributed by atoms with van der Waals surface area (Å²) in [4.78, 5) is 19.1. The second-order valence-corrected chi connectivity index (χ2v) is 7.81. The fraction of sp³-hybridized carbons (Fsp3) is 0.565. The van der Waals surface area contributed by atoms with E-state index in [9.17, 15) is 4.79 Å². The van der Waals surface area contributed by atoms with Crippen molar-refractivity contribution < 1.29 is 23.4 Å². The molecule has 0 aliphatic carbocycles. The summed E-state index contributed by atoms with van der Waals surface area (Å²) in [6.45, 7) is 6.71. The molecule has 1 aliphatic rings. The van der Waals surface area contributed by atoms with Crippen molar-refractivity contribution >= 4 is 5.91 Å². The lowest BCUT2D eigenvalue weighted by Gasteiger charge is -2.27. The zero-order chi connectivity index (χ0) is 22.2. The molecule has 8 heteroatoms. The van der Waals surface area contributed by atoms with Crippen LogP contribution in [0.3, 0.4) is 0 Å². The number of methoxy groups -OCH3 is 2. The zero-order valence-electron chi connectivity index (χ0n) is 18.8. The number of rotatable bonds is 11. The molecule has 0 radical (unpaired) electrons. The van der Waals surface area contributed by atoms with E-state index in [1.807, 2.05) is 18.2 Å². The molecular formula is C23H33N3O5. The maximum absolute atomic E-state index is 12.4. The van der Waals surface area contributed by atoms with Gasteiger partial charge in [0.15, 0.2) is 5.69 Å². The number of benzene rings is 1. The molecule has 31 heavy (non-hydrogen) atoms. The first-order valence-corrected chi connectivity index (χ1v) is 10.8. The number of carbonyl (C=O) groups excluding carboxylic acids is 1. The SMILES string of the molecule is CC[C@H](C)N(Cc1nc(C(=O)NC[C@@H]2CCCO2)co1)Cc1ccc(OC)cc1OC. The van der Waals surface area contributed by atoms with Gasteiger partial charge in [-0.25, -0.2) is 4.98 Å². The molecule has 0 bridgehead atoms. The van der Waals surface area contributed by atoms with Crippen molar-refractivity contribution in [2.75, 3.05) is 27.4 Å². The molecule has 1 aromatic carbocycles. The van der Waals surface area contributed by atoms with Gasteiger partial charge in [-0.1, -0.05) is 13.0 Å². The molecule has 0 saturated carbocycles. The van der Waals surface area contributed by atoms with E-state index < -0.39 is 0 Å². The van der Waals surface area contributed by atoms with Gasteiger partial charge >= 0.3 is 0 Å². The lowest BCUT2D eigenvalue weighted by molar-refractivity contribution is 0.0853. The fourth-order valence-electron chi connectivity index (χ4n) is 3.59. The molecule has 1 aromatic heterocycles. The largest absolute Gasteiger partial charge is 0.497 e. The van der Waals surface area contributed by atoms with Gasteiger partial charge in [-0.05, 0) is 32.3 Å². The summed E-state index contributed by atoms with van der Waals surface area (Å²) in [6, 6.07) is 6.10. The van der Waals surface area contributed by atoms with E-state index in [4.69, 9.17) is 18.6 Å². The fourth-order valence-corrected chi connectivity index (χ4v) is 3.59. The Bertz CT molecular complexity index is 847. The lowest BCUT2D eigenvalue weighted by atomic mass is 10.1. The highest BCUT2D eigenvalue weighted by molar-refractivity contribution is 5.91. The predicted molar refractivity (Wildman–Crippen MR) is 116 cm³/mol. The van der Waals surface area contributed by atoms with E-state index in [0.29, 0.717) is 31.2 Å². The molecular weight excluding hydrogens is 398 g/mol. The van der Waals surface area contributed by atoms with Crippen molar-refractivity contribution in [2.45, 2.75) is 58.3 Å². The van der Waals surface area contributed by atoms with E-state index >= 15 is 0 Å². The summed E-state index contributed by atoms with van der Waals surface area (Å²) in [5, 5.41) is 2.88. The van der Waals surface area contributed by atoms with E-state index in [-0.39, 0.29) is 18.1 Å². The number of hydrogen-bond acceptors (Lipinski definition) is 7. The zero-order valence-corrected chi connectivity index (χ0v) is 18.8. The van der Waals surface area contributed by atoms with Crippen molar-refractivity contribution in [2.24, 2.45) is 0 Å². The van der Waals surface area contributed by atoms with Gasteiger partial charge in [-0.15, -0.1) is 0 Å². The number of ether oxygens (including phenoxy) is 3. The number of amides is 1. The molecule has 0 unspecified atom stereocenters. The Balaban J connectivity index is 1.65. The van der Waals surface area contributed by atoms with Crippen molar-refractivity contribution in [1.82, 2.24) is 15.2 Å². The highest BCUT2D eigenvalue weighted by Gasteiger charge is 2.21. The van der Waals surface area contributed by atoms with E-state index in [0.717, 1.165) is 42.9 Å². The summed E-state index contributed by atoms with van der Waals surface area (Å²) in [6.07, 6.45) is 4.49. The molecule has 1 N–H and O–H groups in total. The third kappa shape index (κ3) is 6.21. The Morgan fingerprint density at radius 3 is 2.84 bits per heavy atom. The van der Waals surface area contributed by atoms with Crippen LogP contribution in [0, 0.1) is 0 Å². The van der Waals surface area contributed by atoms with Crippen LogP contribution in [-0.2, 0) is 17.8 Å². The van der Waals surface area contributed by atoms with Crippen LogP contribution in [-0.4, -0.2) is 55.3 Å². The van der Waals surface area contributed by atoms with Crippen molar-refractivity contribution in [3.8, 4) is 11.5 Å². The molecule has 1 saturated heterocycles. The van der Waals surface area contributed by atoms with Crippen LogP contribution in [0.5, 0.6) is 11.5 Å². The lowest BCUT2D eigenvalue weighted by Crippen LogP contribution is -2.32. The Hall–Kier alpha value is -2.58. The number of hydrogen-bond donors (Lipinski definition) is 1. The Kier molecular flexibility index (Phi) is 8.31. The van der Waals surface area contributed by atoms with E-state index in [1.165, 1.54) is 6.26 Å². The van der Waals surface area contributed by atoms with Gasteiger partial charge in [0.25, 0.3) is 5.91 Å². The van der Waals surface area contributed by atoms with Crippen LogP contribution in [0.15, 0.2) is 28.9 Å². The number of oxazole rings is 1. The third-order valence-electron chi connectivity index (χ3n) is 5.72. The molecule has 1 amide bonds. The molecule has 0 spiro atoms. The number of nitrogens with zero attached hydrogens (tertiary/aromatic N) is 2. The van der Waals surface area contributed by atoms with Crippen LogP contribution < -0.4 is 14.8 Å². The van der Waals surface area contributed by atoms with Gasteiger partial charge in [0.2, 0.25) is 5.89 Å². The smallest absolute Gasteiger partial charge is 0.273 e. The molecule has 8 nitrogen and oxygen atoms in total. The van der Waals surface area contributed by atoms with E-state index in [2.05, 4.69) is 29.0 Å². The quantitative estimate of drug-likeness (QED) is 0.583. The van der Waals surface area contributed by atoms with Gasteiger partial charge in [0.1, 0.15) is 17.8 Å². The minimum Gasteiger partial charge on any atom is -0.497 e. The molecule has 2 heterocycles. The molecule has 1 fully saturated rings. The Morgan fingerprint density at radius 2 is 2.16 bits per heavy atom. The number of carbonyl (C=O) groups is 1. The van der Waals surface area contributed by atoms with Gasteiger partial charge in [0, 0.05) is 37.4 Å². The molecule has 3 rings (SSSR count). The Morgan fingerprint density at radius 1 is 1.32 bits per heavy atom. The Labute approximate surface area is 183 Å². The average molecular weight is 432 g/mol. The molecule has 1 aliphatic heterocycles. The maximum atomic E-state index is 12.4. The highest BCUT2D eigenvalue weighted by atomic mass is 16.5. The summed E-state index contributed by atoms with van der Waals surface area (Å²) in [5.74, 6) is 1.80. The monoisotopic (exact) mass is 431 g/mol. The second kappa shape index (κ2) is 11.2. The normalized spacial score (nSPS) is 17.0. The predicted octanol–water partition coefficient (Wildman–Crippen LogP) is 3.40. The summed E-state index contributed by atoms with van der Waals surface area (Å²) < 4.78 is 22.0. The van der Waals surface area contributed by atoms with Gasteiger partial charge < -0.3 is 23.9 Å². The second-order valence-electron chi connectivity index (χ2n) is 7.81. The summed E-state index contributed by atoms with van der Waals surface area (Å²) in [7, 11) is 3.29. The van der Waals surface area contributed by atoms with Crippen molar-refractivity contribution in [1.29, 1.82) is 0 Å². The van der Waals surface area contributed by atoms with Gasteiger partial charge in [0.05, 0.1) is 26.9 Å². The minimum absolute atomic E-state index is 0.0932. The average Bonchev–Trinajstić information content (AvgIpc) is 3.49. The van der Waals surface area contributed by atoms with Gasteiger partial charge in [-0.3, -0.25) is 9.69 Å².